The molecule has 13 rings (SSSR count). The van der Waals surface area contributed by atoms with Crippen molar-refractivity contribution in [2.75, 3.05) is 0 Å². The number of aryl methyl sites for hydroxylation is 5. The van der Waals surface area contributed by atoms with Gasteiger partial charge in [-0.2, -0.15) is 65.9 Å². The number of rotatable bonds is 8. The highest BCUT2D eigenvalue weighted by Gasteiger charge is 2.37. The fourth-order valence-electron chi connectivity index (χ4n) is 13.1. The van der Waals surface area contributed by atoms with Gasteiger partial charge in [-0.15, -0.1) is 0 Å². The molecule has 0 aliphatic rings. The van der Waals surface area contributed by atoms with E-state index in [1.807, 2.05) is 4.57 Å². The molecular weight excluding hydrogens is 1250 g/mol. The van der Waals surface area contributed by atoms with Crippen LogP contribution in [0.3, 0.4) is 0 Å². The number of fused-ring (bicyclic) bond motifs is 6. The summed E-state index contributed by atoms with van der Waals surface area (Å²) in [5.74, 6) is 0. The molecule has 0 aliphatic heterocycles. The van der Waals surface area contributed by atoms with Gasteiger partial charge in [0.05, 0.1) is 67.8 Å². The first-order valence-electron chi connectivity index (χ1n) is 29.5. The largest absolute Gasteiger partial charge is 0.417 e. The Bertz CT molecular complexity index is 5130. The lowest BCUT2D eigenvalue weighted by atomic mass is 9.91. The molecular formula is C77H48F15N3. The van der Waals surface area contributed by atoms with E-state index < -0.39 is 58.7 Å². The van der Waals surface area contributed by atoms with Gasteiger partial charge in [-0.1, -0.05) is 78.9 Å². The summed E-state index contributed by atoms with van der Waals surface area (Å²) in [5, 5.41) is 1.62. The zero-order valence-electron chi connectivity index (χ0n) is 50.6. The molecule has 2 heterocycles. The molecule has 0 N–H and O–H groups in total. The van der Waals surface area contributed by atoms with Gasteiger partial charge >= 0.3 is 30.9 Å². The summed E-state index contributed by atoms with van der Waals surface area (Å²) in [7, 11) is 0. The van der Waals surface area contributed by atoms with Gasteiger partial charge in [0.15, 0.2) is 5.69 Å². The van der Waals surface area contributed by atoms with Gasteiger partial charge in [-0.3, -0.25) is 0 Å². The first kappa shape index (κ1) is 63.2. The molecule has 13 aromatic rings. The molecule has 18 heteroatoms. The van der Waals surface area contributed by atoms with Crippen LogP contribution in [0.25, 0.3) is 127 Å². The molecule has 0 radical (unpaired) electrons. The number of alkyl halides is 15. The van der Waals surface area contributed by atoms with E-state index in [1.165, 1.54) is 58.9 Å². The quantitative estimate of drug-likeness (QED) is 0.106. The molecule has 0 saturated carbocycles. The standard InChI is InChI=1S/C77H48F15N3/c1-40-22-50(30-54(26-40)73(78,79)80)45-11-17-66-60(34-45)61-35-46(51-23-41(2)27-55(31-51)74(81,82)83)12-18-67(61)94(66)70-21-15-58(93-6)39-64(70)59-16-10-49(72-44(5)8-7-9-65(72)77(90,91)92)38-71(59)95-68-19-13-47(52-24-42(3)28-56(32-52)75(84,85)86)36-62(68)63-37-48(14-20-69(63)95)53-25-43(4)29-57(33-53)76(87,88)89/h7-39H,1-5H3. The van der Waals surface area contributed by atoms with Crippen molar-refractivity contribution >= 4 is 49.3 Å². The third-order valence-corrected chi connectivity index (χ3v) is 17.2. The van der Waals surface area contributed by atoms with Gasteiger partial charge < -0.3 is 9.13 Å². The van der Waals surface area contributed by atoms with E-state index >= 15 is 13.2 Å². The van der Waals surface area contributed by atoms with Crippen LogP contribution >= 0.6 is 0 Å². The van der Waals surface area contributed by atoms with Crippen molar-refractivity contribution in [3.63, 3.8) is 0 Å². The van der Waals surface area contributed by atoms with Crippen LogP contribution in [0.5, 0.6) is 0 Å². The number of hydrogen-bond donors (Lipinski definition) is 0. The Kier molecular flexibility index (Phi) is 15.0. The minimum absolute atomic E-state index is 0.0748. The highest BCUT2D eigenvalue weighted by molar-refractivity contribution is 6.14. The van der Waals surface area contributed by atoms with Crippen molar-refractivity contribution in [2.24, 2.45) is 0 Å². The summed E-state index contributed by atoms with van der Waals surface area (Å²) in [6, 6.07) is 47.2. The lowest BCUT2D eigenvalue weighted by Crippen LogP contribution is -2.08. The summed E-state index contributed by atoms with van der Waals surface area (Å²) in [6.45, 7) is 15.9. The van der Waals surface area contributed by atoms with E-state index in [-0.39, 0.29) is 72.6 Å². The third kappa shape index (κ3) is 11.7. The third-order valence-electron chi connectivity index (χ3n) is 17.2. The number of benzene rings is 11. The highest BCUT2D eigenvalue weighted by atomic mass is 19.4. The first-order chi connectivity index (χ1) is 44.7. The molecule has 2 aromatic heterocycles. The van der Waals surface area contributed by atoms with Gasteiger partial charge in [0.2, 0.25) is 0 Å². The predicted molar refractivity (Wildman–Crippen MR) is 343 cm³/mol. The minimum atomic E-state index is -4.88. The lowest BCUT2D eigenvalue weighted by Gasteiger charge is -2.22. The maximum atomic E-state index is 15.3. The number of nitrogens with zero attached hydrogens (tertiary/aromatic N) is 3. The molecule has 0 spiro atoms. The minimum Gasteiger partial charge on any atom is -0.309 e. The summed E-state index contributed by atoms with van der Waals surface area (Å²) in [4.78, 5) is 3.80. The van der Waals surface area contributed by atoms with Crippen molar-refractivity contribution in [1.82, 2.24) is 9.13 Å². The molecule has 95 heavy (non-hydrogen) atoms. The van der Waals surface area contributed by atoms with Crippen LogP contribution < -0.4 is 0 Å². The SMILES string of the molecule is [C-]#[N+]c1ccc(-n2c3ccc(-c4cc(C)cc(C(F)(F)F)c4)cc3c3cc(-c4cc(C)cc(C(F)(F)F)c4)ccc32)c(-c2ccc(-c3c(C)cccc3C(F)(F)F)cc2-n2c3ccc(-c4cc(C)cc(C(F)(F)F)c4)cc3c3cc(-c4cc(C)cc(C(F)(F)F)c4)ccc32)c1. The fourth-order valence-corrected chi connectivity index (χ4v) is 13.1. The normalized spacial score (nSPS) is 12.6. The smallest absolute Gasteiger partial charge is 0.309 e. The second-order valence-electron chi connectivity index (χ2n) is 24.0. The zero-order valence-corrected chi connectivity index (χ0v) is 50.6. The number of halogens is 15. The van der Waals surface area contributed by atoms with E-state index in [1.54, 1.807) is 126 Å². The van der Waals surface area contributed by atoms with E-state index in [0.29, 0.717) is 82.7 Å². The van der Waals surface area contributed by atoms with Crippen LogP contribution in [0.1, 0.15) is 55.6 Å². The Hall–Kier alpha value is -10.5. The maximum Gasteiger partial charge on any atom is 0.417 e. The van der Waals surface area contributed by atoms with Crippen LogP contribution in [-0.2, 0) is 30.9 Å². The Morgan fingerprint density at radius 1 is 0.295 bits per heavy atom. The molecule has 0 bridgehead atoms. The molecule has 3 nitrogen and oxygen atoms in total. The van der Waals surface area contributed by atoms with Gasteiger partial charge in [-0.05, 0) is 245 Å². The second-order valence-corrected chi connectivity index (χ2v) is 24.0. The summed E-state index contributed by atoms with van der Waals surface area (Å²) < 4.78 is 223. The van der Waals surface area contributed by atoms with Crippen LogP contribution in [-0.4, -0.2) is 9.13 Å². The Labute approximate surface area is 533 Å². The van der Waals surface area contributed by atoms with Crippen LogP contribution in [0, 0.1) is 41.2 Å². The van der Waals surface area contributed by atoms with Gasteiger partial charge in [-0.25, -0.2) is 4.85 Å². The van der Waals surface area contributed by atoms with E-state index in [2.05, 4.69) is 4.85 Å². The second kappa shape index (κ2) is 22.6. The van der Waals surface area contributed by atoms with Crippen LogP contribution in [0.4, 0.5) is 71.5 Å². The molecule has 11 aromatic carbocycles. The Morgan fingerprint density at radius 3 is 0.979 bits per heavy atom. The van der Waals surface area contributed by atoms with E-state index in [9.17, 15) is 52.7 Å². The molecule has 0 unspecified atom stereocenters. The van der Waals surface area contributed by atoms with Crippen LogP contribution in [0.2, 0.25) is 0 Å². The summed E-state index contributed by atoms with van der Waals surface area (Å²) in [6.07, 6.45) is -23.8. The lowest BCUT2D eigenvalue weighted by molar-refractivity contribution is -0.138. The van der Waals surface area contributed by atoms with Gasteiger partial charge in [0.1, 0.15) is 0 Å². The zero-order chi connectivity index (χ0) is 67.7. The van der Waals surface area contributed by atoms with Crippen LogP contribution in [0.15, 0.2) is 200 Å². The van der Waals surface area contributed by atoms with E-state index in [0.717, 1.165) is 54.6 Å². The number of aromatic nitrogens is 2. The topological polar surface area (TPSA) is 14.2 Å². The van der Waals surface area contributed by atoms with Crippen molar-refractivity contribution in [1.29, 1.82) is 0 Å². The average Bonchev–Trinajstić information content (AvgIpc) is 1.60. The maximum absolute atomic E-state index is 15.3. The van der Waals surface area contributed by atoms with Crippen molar-refractivity contribution in [2.45, 2.75) is 65.5 Å². The average molecular weight is 1300 g/mol. The van der Waals surface area contributed by atoms with Crippen molar-refractivity contribution in [3.05, 3.63) is 267 Å². The van der Waals surface area contributed by atoms with Crippen molar-refractivity contribution < 1.29 is 65.9 Å². The van der Waals surface area contributed by atoms with Crippen molar-refractivity contribution in [3.8, 4) is 78.1 Å². The first-order valence-corrected chi connectivity index (χ1v) is 29.5. The molecule has 0 fully saturated rings. The molecule has 0 saturated heterocycles. The number of hydrogen-bond acceptors (Lipinski definition) is 0. The highest BCUT2D eigenvalue weighted by Crippen LogP contribution is 2.49. The Morgan fingerprint density at radius 2 is 0.642 bits per heavy atom. The monoisotopic (exact) mass is 1300 g/mol. The van der Waals surface area contributed by atoms with Gasteiger partial charge in [0.25, 0.3) is 0 Å². The molecule has 476 valence electrons. The Balaban J connectivity index is 1.14. The summed E-state index contributed by atoms with van der Waals surface area (Å²) >= 11 is 0. The van der Waals surface area contributed by atoms with E-state index in [4.69, 9.17) is 6.57 Å². The molecule has 0 atom stereocenters. The molecule has 0 amide bonds. The molecule has 0 aliphatic carbocycles. The summed E-state index contributed by atoms with van der Waals surface area (Å²) in [5.41, 5.74) is 1.54. The fraction of sp³-hybridized carbons (Fsp3) is 0.130. The van der Waals surface area contributed by atoms with Gasteiger partial charge in [0, 0.05) is 27.1 Å². The predicted octanol–water partition coefficient (Wildman–Crippen LogP) is 25.1.